The molecule has 2 aromatic carbocycles. The van der Waals surface area contributed by atoms with E-state index in [1.54, 1.807) is 6.21 Å². The van der Waals surface area contributed by atoms with Gasteiger partial charge in [0.2, 0.25) is 0 Å². The second kappa shape index (κ2) is 8.31. The van der Waals surface area contributed by atoms with Crippen LogP contribution in [0.5, 0.6) is 0 Å². The number of nitrogens with zero attached hydrogens (tertiary/aromatic N) is 1. The Labute approximate surface area is 183 Å². The SMILES string of the molecule is Cc1cc(I)ccc1Nc1c(/C(=C/O)NOCC2CC2)cc2c(c1F)N=CC2C. The van der Waals surface area contributed by atoms with Crippen LogP contribution in [0.2, 0.25) is 0 Å². The van der Waals surface area contributed by atoms with Gasteiger partial charge in [0.1, 0.15) is 17.6 Å². The normalized spacial score (nSPS) is 18.1. The van der Waals surface area contributed by atoms with E-state index in [0.717, 1.165) is 39.5 Å². The van der Waals surface area contributed by atoms with Gasteiger partial charge in [-0.1, -0.05) is 6.92 Å². The van der Waals surface area contributed by atoms with Gasteiger partial charge in [0, 0.05) is 27.0 Å². The summed E-state index contributed by atoms with van der Waals surface area (Å²) >= 11 is 2.24. The van der Waals surface area contributed by atoms with Crippen molar-refractivity contribution in [2.45, 2.75) is 32.6 Å². The smallest absolute Gasteiger partial charge is 0.173 e. The molecule has 2 aromatic rings. The molecule has 29 heavy (non-hydrogen) atoms. The average molecular weight is 507 g/mol. The van der Waals surface area contributed by atoms with Gasteiger partial charge in [0.25, 0.3) is 0 Å². The van der Waals surface area contributed by atoms with E-state index in [1.165, 1.54) is 0 Å². The fourth-order valence-corrected chi connectivity index (χ4v) is 3.96. The third-order valence-corrected chi connectivity index (χ3v) is 5.92. The quantitative estimate of drug-likeness (QED) is 0.241. The summed E-state index contributed by atoms with van der Waals surface area (Å²) in [6, 6.07) is 7.75. The number of halogens is 2. The Hall–Kier alpha value is -2.13. The van der Waals surface area contributed by atoms with Crippen LogP contribution < -0.4 is 10.8 Å². The summed E-state index contributed by atoms with van der Waals surface area (Å²) in [5, 5.41) is 13.1. The summed E-state index contributed by atoms with van der Waals surface area (Å²) in [5.41, 5.74) is 6.75. The lowest BCUT2D eigenvalue weighted by molar-refractivity contribution is 0.0689. The van der Waals surface area contributed by atoms with Gasteiger partial charge in [0.05, 0.1) is 12.3 Å². The highest BCUT2D eigenvalue weighted by Crippen LogP contribution is 2.42. The van der Waals surface area contributed by atoms with Gasteiger partial charge in [0.15, 0.2) is 5.82 Å². The van der Waals surface area contributed by atoms with Crippen molar-refractivity contribution in [3.63, 3.8) is 0 Å². The van der Waals surface area contributed by atoms with Crippen molar-refractivity contribution in [2.24, 2.45) is 10.9 Å². The number of hydrogen-bond acceptors (Lipinski definition) is 5. The van der Waals surface area contributed by atoms with Crippen molar-refractivity contribution in [1.82, 2.24) is 5.48 Å². The first-order valence-corrected chi connectivity index (χ1v) is 10.7. The highest BCUT2D eigenvalue weighted by atomic mass is 127. The molecule has 4 rings (SSSR count). The van der Waals surface area contributed by atoms with Gasteiger partial charge in [-0.05, 0) is 83.7 Å². The molecule has 1 atom stereocenters. The fourth-order valence-electron chi connectivity index (χ4n) is 3.31. The van der Waals surface area contributed by atoms with E-state index >= 15 is 4.39 Å². The Balaban J connectivity index is 1.73. The number of hydrogen-bond donors (Lipinski definition) is 3. The van der Waals surface area contributed by atoms with E-state index in [0.29, 0.717) is 29.5 Å². The molecule has 0 bridgehead atoms. The Morgan fingerprint density at radius 2 is 2.17 bits per heavy atom. The molecule has 7 heteroatoms. The summed E-state index contributed by atoms with van der Waals surface area (Å²) in [6.07, 6.45) is 4.96. The number of rotatable bonds is 7. The van der Waals surface area contributed by atoms with Crippen LogP contribution >= 0.6 is 22.6 Å². The molecule has 0 radical (unpaired) electrons. The number of aliphatic imine (C=N–C) groups is 1. The maximum absolute atomic E-state index is 15.5. The van der Waals surface area contributed by atoms with E-state index in [9.17, 15) is 5.11 Å². The number of hydroxylamine groups is 1. The number of benzene rings is 2. The maximum Gasteiger partial charge on any atom is 0.173 e. The van der Waals surface area contributed by atoms with Gasteiger partial charge >= 0.3 is 0 Å². The lowest BCUT2D eigenvalue weighted by atomic mass is 9.97. The molecular weight excluding hydrogens is 484 g/mol. The summed E-state index contributed by atoms with van der Waals surface area (Å²) < 4.78 is 16.6. The molecule has 1 fully saturated rings. The Morgan fingerprint density at radius 3 is 2.86 bits per heavy atom. The predicted octanol–water partition coefficient (Wildman–Crippen LogP) is 6.09. The number of fused-ring (bicyclic) bond motifs is 1. The van der Waals surface area contributed by atoms with E-state index in [2.05, 4.69) is 38.4 Å². The largest absolute Gasteiger partial charge is 0.513 e. The Bertz CT molecular complexity index is 1000. The maximum atomic E-state index is 15.5. The summed E-state index contributed by atoms with van der Waals surface area (Å²) in [6.45, 7) is 4.49. The predicted molar refractivity (Wildman–Crippen MR) is 123 cm³/mol. The van der Waals surface area contributed by atoms with Crippen molar-refractivity contribution >= 4 is 51.6 Å². The molecule has 1 unspecified atom stereocenters. The second-order valence-electron chi connectivity index (χ2n) is 7.60. The standard InChI is InChI=1S/C22H23FIN3O2/c1-12-7-15(24)5-6-18(12)26-22-17(19(10-28)27-29-11-14-3-4-14)8-16-13(2)9-25-21(16)20(22)23/h5-10,13-14,26-28H,3-4,11H2,1-2H3/b19-10-. The van der Waals surface area contributed by atoms with Gasteiger partial charge in [-0.3, -0.25) is 15.3 Å². The van der Waals surface area contributed by atoms with E-state index in [-0.39, 0.29) is 11.6 Å². The molecule has 0 saturated heterocycles. The average Bonchev–Trinajstić information content (AvgIpc) is 3.45. The number of anilines is 2. The third kappa shape index (κ3) is 4.25. The minimum absolute atomic E-state index is 0.000310. The third-order valence-electron chi connectivity index (χ3n) is 5.25. The Morgan fingerprint density at radius 1 is 1.38 bits per heavy atom. The van der Waals surface area contributed by atoms with Crippen LogP contribution in [-0.4, -0.2) is 17.9 Å². The summed E-state index contributed by atoms with van der Waals surface area (Å²) in [7, 11) is 0. The number of aryl methyl sites for hydroxylation is 1. The van der Waals surface area contributed by atoms with Gasteiger partial charge in [-0.15, -0.1) is 0 Å². The molecule has 5 nitrogen and oxygen atoms in total. The molecule has 3 N–H and O–H groups in total. The second-order valence-corrected chi connectivity index (χ2v) is 8.85. The monoisotopic (exact) mass is 507 g/mol. The molecule has 1 heterocycles. The zero-order valence-electron chi connectivity index (χ0n) is 16.3. The summed E-state index contributed by atoms with van der Waals surface area (Å²) in [4.78, 5) is 9.80. The molecule has 0 spiro atoms. The first kappa shape index (κ1) is 20.2. The van der Waals surface area contributed by atoms with Gasteiger partial charge in [-0.2, -0.15) is 0 Å². The van der Waals surface area contributed by atoms with Gasteiger partial charge < -0.3 is 10.4 Å². The first-order valence-electron chi connectivity index (χ1n) is 9.64. The topological polar surface area (TPSA) is 65.9 Å². The molecule has 0 aromatic heterocycles. The highest BCUT2D eigenvalue weighted by molar-refractivity contribution is 14.1. The summed E-state index contributed by atoms with van der Waals surface area (Å²) in [5.74, 6) is 0.110. The molecule has 0 amide bonds. The molecule has 152 valence electrons. The Kier molecular flexibility index (Phi) is 5.78. The van der Waals surface area contributed by atoms with Gasteiger partial charge in [-0.25, -0.2) is 4.39 Å². The lowest BCUT2D eigenvalue weighted by Gasteiger charge is -2.20. The zero-order valence-corrected chi connectivity index (χ0v) is 18.5. The minimum Gasteiger partial charge on any atom is -0.513 e. The number of nitrogens with one attached hydrogen (secondary N) is 2. The minimum atomic E-state index is -0.445. The first-order chi connectivity index (χ1) is 14.0. The van der Waals surface area contributed by atoms with Crippen molar-refractivity contribution < 1.29 is 14.3 Å². The van der Waals surface area contributed by atoms with Crippen LogP contribution in [0.3, 0.4) is 0 Å². The molecule has 1 saturated carbocycles. The van der Waals surface area contributed by atoms with Crippen LogP contribution in [0.15, 0.2) is 35.5 Å². The lowest BCUT2D eigenvalue weighted by Crippen LogP contribution is -2.17. The van der Waals surface area contributed by atoms with E-state index in [4.69, 9.17) is 4.84 Å². The van der Waals surface area contributed by atoms with Crippen LogP contribution in [0, 0.1) is 22.2 Å². The fraction of sp³-hybridized carbons (Fsp3) is 0.318. The van der Waals surface area contributed by atoms with Crippen molar-refractivity contribution in [3.05, 3.63) is 56.6 Å². The number of aliphatic hydroxyl groups is 1. The van der Waals surface area contributed by atoms with E-state index < -0.39 is 5.82 Å². The van der Waals surface area contributed by atoms with Crippen LogP contribution in [0.1, 0.15) is 42.4 Å². The van der Waals surface area contributed by atoms with Crippen LogP contribution in [-0.2, 0) is 4.84 Å². The van der Waals surface area contributed by atoms with Crippen molar-refractivity contribution in [3.8, 4) is 0 Å². The molecule has 1 aliphatic carbocycles. The molecular formula is C22H23FIN3O2. The van der Waals surface area contributed by atoms with Crippen molar-refractivity contribution in [1.29, 1.82) is 0 Å². The van der Waals surface area contributed by atoms with E-state index in [1.807, 2.05) is 38.1 Å². The molecule has 1 aliphatic heterocycles. The van der Waals surface area contributed by atoms with Crippen LogP contribution in [0.25, 0.3) is 5.70 Å². The van der Waals surface area contributed by atoms with Crippen molar-refractivity contribution in [2.75, 3.05) is 11.9 Å². The zero-order chi connectivity index (χ0) is 20.5. The molecule has 2 aliphatic rings. The number of aliphatic hydroxyl groups excluding tert-OH is 1. The highest BCUT2D eigenvalue weighted by Gasteiger charge is 2.27. The van der Waals surface area contributed by atoms with Crippen LogP contribution in [0.4, 0.5) is 21.5 Å².